The standard InChI is InChI=1S/C40H62F2N6O9/c1-12-22-40(41,42)30(49)27(20-16-23-43-33(45-34(52)55-37(2,3)4)46-35(53)56-38(5,6)7)44-31(50)28-21-17-24-48(28)32(51)29(25-26-18-14-13-15-19-26)47(11)36(54)57-39(8,9)10/h13-15,18-19,27-29H,12,16-17,20-25H2,1-11H3,(H,44,50)(H2,43,45,46,52,53)/t27?,28-,29+/m0/s1. The van der Waals surface area contributed by atoms with Crippen molar-refractivity contribution in [2.24, 2.45) is 4.99 Å². The topological polar surface area (TPSA) is 185 Å². The van der Waals surface area contributed by atoms with Crippen LogP contribution in [0.1, 0.15) is 113 Å². The second-order valence-electron chi connectivity index (χ2n) is 17.0. The molecule has 0 aromatic heterocycles. The molecule has 5 amide bonds. The smallest absolute Gasteiger partial charge is 0.414 e. The van der Waals surface area contributed by atoms with Crippen LogP contribution in [0.25, 0.3) is 0 Å². The minimum absolute atomic E-state index is 0.00139. The maximum absolute atomic E-state index is 15.1. The van der Waals surface area contributed by atoms with Crippen LogP contribution in [0, 0.1) is 0 Å². The number of hydrogen-bond donors (Lipinski definition) is 3. The molecule has 0 spiro atoms. The van der Waals surface area contributed by atoms with Gasteiger partial charge in [-0.05, 0) is 100.0 Å². The van der Waals surface area contributed by atoms with Crippen molar-refractivity contribution in [2.75, 3.05) is 20.1 Å². The van der Waals surface area contributed by atoms with Gasteiger partial charge in [-0.3, -0.25) is 34.9 Å². The molecule has 15 nitrogen and oxygen atoms in total. The Morgan fingerprint density at radius 2 is 1.42 bits per heavy atom. The summed E-state index contributed by atoms with van der Waals surface area (Å²) in [5, 5.41) is 7.14. The predicted octanol–water partition coefficient (Wildman–Crippen LogP) is 6.13. The van der Waals surface area contributed by atoms with Crippen molar-refractivity contribution < 1.29 is 51.8 Å². The summed E-state index contributed by atoms with van der Waals surface area (Å²) >= 11 is 0. The number of carbonyl (C=O) groups excluding carboxylic acids is 6. The van der Waals surface area contributed by atoms with Crippen LogP contribution in [0.2, 0.25) is 0 Å². The molecular weight excluding hydrogens is 746 g/mol. The number of halogens is 2. The zero-order valence-electron chi connectivity index (χ0n) is 35.3. The lowest BCUT2D eigenvalue weighted by Crippen LogP contribution is -2.57. The molecular formula is C40H62F2N6O9. The minimum Gasteiger partial charge on any atom is -0.444 e. The van der Waals surface area contributed by atoms with Gasteiger partial charge in [0.1, 0.15) is 28.9 Å². The van der Waals surface area contributed by atoms with E-state index >= 15 is 8.78 Å². The van der Waals surface area contributed by atoms with Crippen molar-refractivity contribution in [1.29, 1.82) is 0 Å². The van der Waals surface area contributed by atoms with Gasteiger partial charge in [0.05, 0.1) is 6.04 Å². The average molecular weight is 809 g/mol. The molecule has 0 saturated carbocycles. The number of alkyl halides is 2. The van der Waals surface area contributed by atoms with E-state index in [0.29, 0.717) is 6.42 Å². The van der Waals surface area contributed by atoms with E-state index in [1.54, 1.807) is 86.6 Å². The first-order chi connectivity index (χ1) is 26.2. The van der Waals surface area contributed by atoms with Crippen molar-refractivity contribution in [1.82, 2.24) is 25.8 Å². The Balaban J connectivity index is 2.35. The van der Waals surface area contributed by atoms with Gasteiger partial charge < -0.3 is 24.4 Å². The van der Waals surface area contributed by atoms with Crippen LogP contribution in [-0.2, 0) is 35.0 Å². The first-order valence-corrected chi connectivity index (χ1v) is 19.3. The van der Waals surface area contributed by atoms with Gasteiger partial charge in [0.2, 0.25) is 23.6 Å². The summed E-state index contributed by atoms with van der Waals surface area (Å²) in [5.41, 5.74) is -1.86. The number of hydrogen-bond acceptors (Lipinski definition) is 10. The number of rotatable bonds is 14. The third-order valence-electron chi connectivity index (χ3n) is 8.26. The molecule has 1 unspecified atom stereocenters. The van der Waals surface area contributed by atoms with Gasteiger partial charge in [-0.2, -0.15) is 8.78 Å². The summed E-state index contributed by atoms with van der Waals surface area (Å²) in [6, 6.07) is 5.16. The maximum Gasteiger partial charge on any atom is 0.414 e. The molecule has 57 heavy (non-hydrogen) atoms. The van der Waals surface area contributed by atoms with Gasteiger partial charge in [-0.1, -0.05) is 37.3 Å². The molecule has 1 aromatic carbocycles. The van der Waals surface area contributed by atoms with Gasteiger partial charge in [0, 0.05) is 33.0 Å². The highest BCUT2D eigenvalue weighted by Gasteiger charge is 2.45. The highest BCUT2D eigenvalue weighted by atomic mass is 19.3. The third-order valence-corrected chi connectivity index (χ3v) is 8.26. The number of amides is 5. The summed E-state index contributed by atoms with van der Waals surface area (Å²) in [4.78, 5) is 86.2. The third kappa shape index (κ3) is 17.1. The van der Waals surface area contributed by atoms with E-state index in [1.165, 1.54) is 23.8 Å². The molecule has 0 radical (unpaired) electrons. The zero-order valence-corrected chi connectivity index (χ0v) is 35.3. The second kappa shape index (κ2) is 20.5. The van der Waals surface area contributed by atoms with E-state index in [2.05, 4.69) is 20.9 Å². The van der Waals surface area contributed by atoms with Crippen LogP contribution >= 0.6 is 0 Å². The molecule has 1 heterocycles. The molecule has 3 atom stereocenters. The average Bonchev–Trinajstić information content (AvgIpc) is 3.56. The molecule has 1 aromatic rings. The monoisotopic (exact) mass is 808 g/mol. The van der Waals surface area contributed by atoms with E-state index in [1.807, 2.05) is 6.07 Å². The number of carbonyl (C=O) groups is 6. The molecule has 1 aliphatic rings. The van der Waals surface area contributed by atoms with Crippen LogP contribution in [0.3, 0.4) is 0 Å². The van der Waals surface area contributed by atoms with E-state index in [-0.39, 0.29) is 51.2 Å². The number of likely N-dealkylation sites (tertiary alicyclic amines) is 1. The van der Waals surface area contributed by atoms with E-state index in [9.17, 15) is 28.8 Å². The molecule has 3 N–H and O–H groups in total. The van der Waals surface area contributed by atoms with Gasteiger partial charge in [-0.15, -0.1) is 0 Å². The molecule has 1 aliphatic heterocycles. The largest absolute Gasteiger partial charge is 0.444 e. The Bertz CT molecular complexity index is 1550. The summed E-state index contributed by atoms with van der Waals surface area (Å²) in [7, 11) is 1.44. The fraction of sp³-hybridized carbons (Fsp3) is 0.675. The first-order valence-electron chi connectivity index (χ1n) is 19.3. The van der Waals surface area contributed by atoms with E-state index in [4.69, 9.17) is 14.2 Å². The number of Topliss-reactive ketones (excluding diaryl/α,β-unsaturated/α-hetero) is 1. The molecule has 1 fully saturated rings. The predicted molar refractivity (Wildman–Crippen MR) is 210 cm³/mol. The number of nitrogens with zero attached hydrogens (tertiary/aromatic N) is 3. The summed E-state index contributed by atoms with van der Waals surface area (Å²) in [5.74, 6) is -6.95. The lowest BCUT2D eigenvalue weighted by atomic mass is 9.98. The number of likely N-dealkylation sites (N-methyl/N-ethyl adjacent to an activating group) is 1. The molecule has 1 saturated heterocycles. The van der Waals surface area contributed by atoms with E-state index < -0.39 is 83.1 Å². The molecule has 320 valence electrons. The van der Waals surface area contributed by atoms with Gasteiger partial charge >= 0.3 is 24.2 Å². The van der Waals surface area contributed by atoms with Gasteiger partial charge in [0.25, 0.3) is 0 Å². The van der Waals surface area contributed by atoms with E-state index in [0.717, 1.165) is 5.56 Å². The Morgan fingerprint density at radius 1 is 0.877 bits per heavy atom. The number of nitrogens with one attached hydrogen (secondary N) is 3. The lowest BCUT2D eigenvalue weighted by molar-refractivity contribution is -0.149. The van der Waals surface area contributed by atoms with Crippen molar-refractivity contribution in [2.45, 2.75) is 155 Å². The maximum atomic E-state index is 15.1. The quantitative estimate of drug-likeness (QED) is 0.0861. The Labute approximate surface area is 335 Å². The van der Waals surface area contributed by atoms with Gasteiger partial charge in [-0.25, -0.2) is 14.4 Å². The van der Waals surface area contributed by atoms with Crippen molar-refractivity contribution >= 4 is 41.8 Å². The Morgan fingerprint density at radius 3 is 1.93 bits per heavy atom. The second-order valence-corrected chi connectivity index (χ2v) is 17.0. The fourth-order valence-corrected chi connectivity index (χ4v) is 5.81. The highest BCUT2D eigenvalue weighted by molar-refractivity contribution is 6.01. The Kier molecular flexibility index (Phi) is 17.4. The lowest BCUT2D eigenvalue weighted by Gasteiger charge is -2.34. The molecule has 2 rings (SSSR count). The number of benzene rings is 1. The number of guanidine groups is 1. The molecule has 0 aliphatic carbocycles. The highest BCUT2D eigenvalue weighted by Crippen LogP contribution is 2.26. The molecule has 0 bridgehead atoms. The van der Waals surface area contributed by atoms with Crippen LogP contribution in [0.4, 0.5) is 23.2 Å². The number of alkyl carbamates (subject to hydrolysis) is 2. The van der Waals surface area contributed by atoms with Crippen LogP contribution in [-0.4, -0.2) is 113 Å². The first kappa shape index (κ1) is 48.3. The number of aliphatic imine (C=N–C) groups is 1. The zero-order chi connectivity index (χ0) is 43.4. The van der Waals surface area contributed by atoms with Crippen molar-refractivity contribution in [3.8, 4) is 0 Å². The van der Waals surface area contributed by atoms with Crippen molar-refractivity contribution in [3.63, 3.8) is 0 Å². The van der Waals surface area contributed by atoms with Crippen LogP contribution < -0.4 is 16.0 Å². The number of ketones is 1. The summed E-state index contributed by atoms with van der Waals surface area (Å²) in [6.45, 7) is 16.4. The van der Waals surface area contributed by atoms with Crippen LogP contribution in [0.15, 0.2) is 35.3 Å². The van der Waals surface area contributed by atoms with Crippen molar-refractivity contribution in [3.05, 3.63) is 35.9 Å². The molecule has 17 heteroatoms. The fourth-order valence-electron chi connectivity index (χ4n) is 5.81. The Hall–Kier alpha value is -4.83. The normalized spacial score (nSPS) is 15.7. The summed E-state index contributed by atoms with van der Waals surface area (Å²) < 4.78 is 46.3. The SMILES string of the molecule is CCCC(F)(F)C(=O)C(CCCN=C(NC(=O)OC(C)(C)C)NC(=O)OC(C)(C)C)NC(=O)[C@@H]1CCCN1C(=O)[C@@H](Cc1ccccc1)N(C)C(=O)OC(C)(C)C. The van der Waals surface area contributed by atoms with Gasteiger partial charge in [0.15, 0.2) is 0 Å². The number of ether oxygens (including phenoxy) is 3. The minimum atomic E-state index is -3.76. The summed E-state index contributed by atoms with van der Waals surface area (Å²) in [6.07, 6.45) is -2.99. The van der Waals surface area contributed by atoms with Crippen LogP contribution in [0.5, 0.6) is 0 Å².